The summed E-state index contributed by atoms with van der Waals surface area (Å²) >= 11 is 24.4. The quantitative estimate of drug-likeness (QED) is 0.262. The van der Waals surface area contributed by atoms with Gasteiger partial charge in [0.25, 0.3) is 0 Å². The number of alkyl halides is 6. The zero-order valence-electron chi connectivity index (χ0n) is 12.4. The third-order valence-electron chi connectivity index (χ3n) is 2.95. The molecule has 0 spiro atoms. The highest BCUT2D eigenvalue weighted by atomic mass is 35.5. The minimum atomic E-state index is -4.59. The Morgan fingerprint density at radius 1 is 1.08 bits per heavy atom. The summed E-state index contributed by atoms with van der Waals surface area (Å²) < 4.78 is 51.0. The summed E-state index contributed by atoms with van der Waals surface area (Å²) in [7, 11) is 0. The molecule has 1 heterocycles. The van der Waals surface area contributed by atoms with E-state index in [1.807, 2.05) is 0 Å². The molecule has 0 amide bonds. The lowest BCUT2D eigenvalue weighted by Crippen LogP contribution is -2.07. The standard InChI is InChI=1S/C13H8Cl4F4N2S2/c1-5-22-10(25-13(16,17)21)11(24-2)23(5)9-7(14)3-6(4-8(9)15)12(18,19)20/h3-4H,1-2H3. The molecule has 0 aliphatic carbocycles. The molecule has 0 saturated carbocycles. The van der Waals surface area contributed by atoms with Crippen LogP contribution in [-0.4, -0.2) is 19.7 Å². The van der Waals surface area contributed by atoms with Gasteiger partial charge < -0.3 is 0 Å². The first kappa shape index (κ1) is 21.3. The Labute approximate surface area is 169 Å². The van der Waals surface area contributed by atoms with Gasteiger partial charge in [-0.25, -0.2) is 4.98 Å². The summed E-state index contributed by atoms with van der Waals surface area (Å²) in [5.41, 5.74) is -0.875. The van der Waals surface area contributed by atoms with Crippen LogP contribution in [0.5, 0.6) is 0 Å². The molecule has 0 unspecified atom stereocenters. The topological polar surface area (TPSA) is 17.8 Å². The molecule has 0 fully saturated rings. The maximum absolute atomic E-state index is 13.5. The molecule has 0 atom stereocenters. The highest BCUT2D eigenvalue weighted by Gasteiger charge is 2.33. The van der Waals surface area contributed by atoms with Crippen molar-refractivity contribution in [2.45, 2.75) is 27.1 Å². The number of aryl methyl sites for hydroxylation is 1. The number of aromatic nitrogens is 2. The molecule has 1 aromatic carbocycles. The van der Waals surface area contributed by atoms with Gasteiger partial charge in [0.2, 0.25) is 0 Å². The Hall–Kier alpha value is 0.01000. The molecule has 0 aliphatic rings. The number of hydrogen-bond acceptors (Lipinski definition) is 3. The highest BCUT2D eigenvalue weighted by Crippen LogP contribution is 2.46. The predicted octanol–water partition coefficient (Wildman–Crippen LogP) is 7.38. The zero-order valence-corrected chi connectivity index (χ0v) is 17.0. The van der Waals surface area contributed by atoms with E-state index in [1.54, 1.807) is 13.2 Å². The van der Waals surface area contributed by atoms with Crippen LogP contribution in [0.4, 0.5) is 17.6 Å². The second-order valence-electron chi connectivity index (χ2n) is 4.64. The van der Waals surface area contributed by atoms with Crippen LogP contribution in [0.2, 0.25) is 10.0 Å². The molecule has 0 bridgehead atoms. The maximum Gasteiger partial charge on any atom is 0.416 e. The molecule has 2 nitrogen and oxygen atoms in total. The van der Waals surface area contributed by atoms with Crippen molar-refractivity contribution in [3.05, 3.63) is 33.6 Å². The summed E-state index contributed by atoms with van der Waals surface area (Å²) in [5.74, 6) is 0.327. The molecule has 0 saturated heterocycles. The average molecular weight is 474 g/mol. The minimum Gasteiger partial charge on any atom is -0.287 e. The highest BCUT2D eigenvalue weighted by molar-refractivity contribution is 8.04. The van der Waals surface area contributed by atoms with Crippen LogP contribution in [-0.2, 0) is 6.18 Å². The largest absolute Gasteiger partial charge is 0.416 e. The van der Waals surface area contributed by atoms with E-state index >= 15 is 0 Å². The summed E-state index contributed by atoms with van der Waals surface area (Å²) in [5, 5.41) is 0.0878. The summed E-state index contributed by atoms with van der Waals surface area (Å²) in [6.45, 7) is 1.57. The van der Waals surface area contributed by atoms with Gasteiger partial charge in [0.15, 0.2) is 0 Å². The van der Waals surface area contributed by atoms with Crippen molar-refractivity contribution in [1.82, 2.24) is 9.55 Å². The Morgan fingerprint density at radius 2 is 1.60 bits per heavy atom. The normalized spacial score (nSPS) is 12.7. The van der Waals surface area contributed by atoms with E-state index in [4.69, 9.17) is 46.4 Å². The first-order valence-corrected chi connectivity index (χ1v) is 9.86. The van der Waals surface area contributed by atoms with E-state index < -0.39 is 15.7 Å². The number of thioether (sulfide) groups is 2. The lowest BCUT2D eigenvalue weighted by atomic mass is 10.2. The fourth-order valence-electron chi connectivity index (χ4n) is 2.05. The van der Waals surface area contributed by atoms with Crippen LogP contribution in [0.15, 0.2) is 22.2 Å². The van der Waals surface area contributed by atoms with Crippen LogP contribution in [0.25, 0.3) is 5.69 Å². The van der Waals surface area contributed by atoms with Gasteiger partial charge in [-0.15, -0.1) is 11.8 Å². The first-order chi connectivity index (χ1) is 11.3. The van der Waals surface area contributed by atoms with Crippen molar-refractivity contribution < 1.29 is 17.6 Å². The number of benzene rings is 1. The van der Waals surface area contributed by atoms with Gasteiger partial charge in [-0.05, 0) is 37.1 Å². The third kappa shape index (κ3) is 4.84. The van der Waals surface area contributed by atoms with E-state index in [0.717, 1.165) is 23.9 Å². The van der Waals surface area contributed by atoms with Crippen molar-refractivity contribution in [3.8, 4) is 5.69 Å². The molecular formula is C13H8Cl4F4N2S2. The number of imidazole rings is 1. The number of hydrogen-bond donors (Lipinski definition) is 0. The van der Waals surface area contributed by atoms with Crippen LogP contribution < -0.4 is 0 Å². The van der Waals surface area contributed by atoms with Crippen LogP contribution in [0.1, 0.15) is 11.4 Å². The molecular weight excluding hydrogens is 466 g/mol. The van der Waals surface area contributed by atoms with E-state index in [-0.39, 0.29) is 20.8 Å². The molecule has 25 heavy (non-hydrogen) atoms. The molecule has 2 rings (SSSR count). The van der Waals surface area contributed by atoms with Gasteiger partial charge in [0.1, 0.15) is 15.9 Å². The van der Waals surface area contributed by atoms with Crippen LogP contribution >= 0.6 is 69.9 Å². The average Bonchev–Trinajstić information content (AvgIpc) is 2.70. The van der Waals surface area contributed by atoms with E-state index in [1.165, 1.54) is 4.57 Å². The van der Waals surface area contributed by atoms with Crippen molar-refractivity contribution >= 4 is 69.9 Å². The number of rotatable bonds is 4. The van der Waals surface area contributed by atoms with Crippen molar-refractivity contribution in [2.24, 2.45) is 0 Å². The van der Waals surface area contributed by atoms with Crippen LogP contribution in [0.3, 0.4) is 0 Å². The molecule has 1 aromatic heterocycles. The van der Waals surface area contributed by atoms with Crippen molar-refractivity contribution in [1.29, 1.82) is 0 Å². The van der Waals surface area contributed by atoms with Crippen molar-refractivity contribution in [2.75, 3.05) is 6.26 Å². The Bertz CT molecular complexity index is 780. The van der Waals surface area contributed by atoms with Gasteiger partial charge in [0.05, 0.1) is 21.3 Å². The van der Waals surface area contributed by atoms with Crippen molar-refractivity contribution in [3.63, 3.8) is 0 Å². The molecule has 138 valence electrons. The maximum atomic E-state index is 13.5. The van der Waals surface area contributed by atoms with E-state index in [0.29, 0.717) is 22.6 Å². The second-order valence-corrected chi connectivity index (χ2v) is 9.09. The predicted molar refractivity (Wildman–Crippen MR) is 96.5 cm³/mol. The summed E-state index contributed by atoms with van der Waals surface area (Å²) in [4.78, 5) is 4.15. The molecule has 12 heteroatoms. The van der Waals surface area contributed by atoms with Gasteiger partial charge in [-0.3, -0.25) is 4.57 Å². The van der Waals surface area contributed by atoms with Gasteiger partial charge in [0, 0.05) is 0 Å². The van der Waals surface area contributed by atoms with Gasteiger partial charge >= 0.3 is 10.1 Å². The molecule has 2 aromatic rings. The van der Waals surface area contributed by atoms with E-state index in [9.17, 15) is 17.6 Å². The first-order valence-electron chi connectivity index (χ1n) is 6.31. The monoisotopic (exact) mass is 472 g/mol. The third-order valence-corrected chi connectivity index (χ3v) is 5.59. The minimum absolute atomic E-state index is 0.103. The lowest BCUT2D eigenvalue weighted by Gasteiger charge is -2.16. The zero-order chi connectivity index (χ0) is 19.2. The summed E-state index contributed by atoms with van der Waals surface area (Å²) in [6.07, 6.45) is -2.92. The number of nitrogens with zero attached hydrogens (tertiary/aromatic N) is 2. The summed E-state index contributed by atoms with van der Waals surface area (Å²) in [6, 6.07) is 1.53. The smallest absolute Gasteiger partial charge is 0.287 e. The second kappa shape index (κ2) is 7.56. The molecule has 0 aliphatic heterocycles. The fraction of sp³-hybridized carbons (Fsp3) is 0.308. The molecule has 0 N–H and O–H groups in total. The number of halogens is 8. The fourth-order valence-corrected chi connectivity index (χ4v) is 4.72. The Morgan fingerprint density at radius 3 is 2.00 bits per heavy atom. The van der Waals surface area contributed by atoms with Gasteiger partial charge in [-0.1, -0.05) is 46.4 Å². The Balaban J connectivity index is 2.67. The van der Waals surface area contributed by atoms with Crippen LogP contribution in [0, 0.1) is 6.92 Å². The van der Waals surface area contributed by atoms with E-state index in [2.05, 4.69) is 4.98 Å². The Kier molecular flexibility index (Phi) is 6.44. The lowest BCUT2D eigenvalue weighted by molar-refractivity contribution is -0.137. The van der Waals surface area contributed by atoms with Gasteiger partial charge in [-0.2, -0.15) is 17.6 Å². The molecule has 0 radical (unpaired) electrons. The SMILES string of the molecule is CSc1c(SC(F)(Cl)Cl)nc(C)n1-c1c(Cl)cc(C(F)(F)F)cc1Cl.